The van der Waals surface area contributed by atoms with Crippen molar-refractivity contribution in [3.05, 3.63) is 47.7 Å². The molecule has 0 radical (unpaired) electrons. The lowest BCUT2D eigenvalue weighted by Gasteiger charge is -2.06. The number of nitriles is 1. The lowest BCUT2D eigenvalue weighted by Crippen LogP contribution is -1.96. The third-order valence-electron chi connectivity index (χ3n) is 2.95. The van der Waals surface area contributed by atoms with Crippen LogP contribution in [0.5, 0.6) is 0 Å². The van der Waals surface area contributed by atoms with E-state index in [0.717, 1.165) is 16.6 Å². The Morgan fingerprint density at radius 1 is 1.37 bits per heavy atom. The molecule has 3 aromatic rings. The van der Waals surface area contributed by atoms with E-state index in [1.165, 1.54) is 6.07 Å². The molecule has 0 aliphatic carbocycles. The summed E-state index contributed by atoms with van der Waals surface area (Å²) in [5, 5.41) is 9.79. The Morgan fingerprint density at radius 3 is 3.00 bits per heavy atom. The van der Waals surface area contributed by atoms with Crippen molar-refractivity contribution >= 4 is 11.0 Å². The van der Waals surface area contributed by atoms with E-state index in [2.05, 4.69) is 15.0 Å². The molecule has 0 aromatic carbocycles. The highest BCUT2D eigenvalue weighted by atomic mass is 19.1. The standard InChI is InChI=1S/C14H9FN4/c1-8-4-11(15)12(6-16)19-13(8)10-5-9-2-3-17-14(9)18-7-10/h2-5,7H,1H3,(H,17,18). The van der Waals surface area contributed by atoms with Gasteiger partial charge in [-0.05, 0) is 30.7 Å². The first-order valence-electron chi connectivity index (χ1n) is 5.70. The van der Waals surface area contributed by atoms with E-state index in [9.17, 15) is 4.39 Å². The van der Waals surface area contributed by atoms with E-state index in [1.54, 1.807) is 25.4 Å². The average molecular weight is 252 g/mol. The summed E-state index contributed by atoms with van der Waals surface area (Å²) in [5.41, 5.74) is 2.60. The Morgan fingerprint density at radius 2 is 2.21 bits per heavy atom. The second-order valence-corrected chi connectivity index (χ2v) is 4.24. The lowest BCUT2D eigenvalue weighted by atomic mass is 10.1. The van der Waals surface area contributed by atoms with Gasteiger partial charge in [0, 0.05) is 23.3 Å². The molecule has 92 valence electrons. The first kappa shape index (κ1) is 11.4. The summed E-state index contributed by atoms with van der Waals surface area (Å²) in [7, 11) is 0. The quantitative estimate of drug-likeness (QED) is 0.724. The fourth-order valence-electron chi connectivity index (χ4n) is 2.02. The molecule has 3 aromatic heterocycles. The molecule has 0 aliphatic rings. The minimum absolute atomic E-state index is 0.199. The van der Waals surface area contributed by atoms with Gasteiger partial charge >= 0.3 is 0 Å². The molecule has 4 nitrogen and oxygen atoms in total. The van der Waals surface area contributed by atoms with Crippen molar-refractivity contribution in [2.45, 2.75) is 6.92 Å². The predicted octanol–water partition coefficient (Wildman–Crippen LogP) is 2.94. The van der Waals surface area contributed by atoms with E-state index in [-0.39, 0.29) is 5.69 Å². The van der Waals surface area contributed by atoms with E-state index in [4.69, 9.17) is 5.26 Å². The first-order valence-corrected chi connectivity index (χ1v) is 5.70. The van der Waals surface area contributed by atoms with Crippen molar-refractivity contribution in [3.8, 4) is 17.3 Å². The molecule has 0 amide bonds. The van der Waals surface area contributed by atoms with Gasteiger partial charge in [-0.1, -0.05) is 0 Å². The highest BCUT2D eigenvalue weighted by Gasteiger charge is 2.11. The van der Waals surface area contributed by atoms with Gasteiger partial charge in [0.15, 0.2) is 11.5 Å². The Labute approximate surface area is 108 Å². The predicted molar refractivity (Wildman–Crippen MR) is 68.7 cm³/mol. The Kier molecular flexibility index (Phi) is 2.50. The maximum Gasteiger partial charge on any atom is 0.176 e. The molecule has 0 saturated heterocycles. The maximum absolute atomic E-state index is 13.4. The molecule has 0 spiro atoms. The van der Waals surface area contributed by atoms with E-state index >= 15 is 0 Å². The zero-order valence-corrected chi connectivity index (χ0v) is 10.1. The van der Waals surface area contributed by atoms with Crippen LogP contribution in [0.4, 0.5) is 4.39 Å². The monoisotopic (exact) mass is 252 g/mol. The number of fused-ring (bicyclic) bond motifs is 1. The smallest absolute Gasteiger partial charge is 0.176 e. The summed E-state index contributed by atoms with van der Waals surface area (Å²) in [6.45, 7) is 1.76. The van der Waals surface area contributed by atoms with Crippen molar-refractivity contribution in [1.29, 1.82) is 5.26 Å². The van der Waals surface area contributed by atoms with Gasteiger partial charge in [0.05, 0.1) is 5.69 Å². The van der Waals surface area contributed by atoms with Crippen molar-refractivity contribution in [2.24, 2.45) is 0 Å². The van der Waals surface area contributed by atoms with Crippen LogP contribution in [0.2, 0.25) is 0 Å². The number of halogens is 1. The molecule has 3 heterocycles. The van der Waals surface area contributed by atoms with Gasteiger partial charge in [0.1, 0.15) is 11.7 Å². The molecule has 0 atom stereocenters. The molecule has 0 bridgehead atoms. The second-order valence-electron chi connectivity index (χ2n) is 4.24. The van der Waals surface area contributed by atoms with Crippen LogP contribution in [0.3, 0.4) is 0 Å². The highest BCUT2D eigenvalue weighted by Crippen LogP contribution is 2.24. The van der Waals surface area contributed by atoms with Crippen molar-refractivity contribution in [3.63, 3.8) is 0 Å². The lowest BCUT2D eigenvalue weighted by molar-refractivity contribution is 0.615. The number of hydrogen-bond donors (Lipinski definition) is 1. The number of hydrogen-bond acceptors (Lipinski definition) is 3. The SMILES string of the molecule is Cc1cc(F)c(C#N)nc1-c1cnc2[nH]ccc2c1. The fraction of sp³-hybridized carbons (Fsp3) is 0.0714. The summed E-state index contributed by atoms with van der Waals surface area (Å²) in [5.74, 6) is -0.598. The van der Waals surface area contributed by atoms with Crippen molar-refractivity contribution in [1.82, 2.24) is 15.0 Å². The van der Waals surface area contributed by atoms with Gasteiger partial charge in [-0.3, -0.25) is 0 Å². The zero-order chi connectivity index (χ0) is 13.4. The summed E-state index contributed by atoms with van der Waals surface area (Å²) in [6.07, 6.45) is 3.46. The number of aryl methyl sites for hydroxylation is 1. The van der Waals surface area contributed by atoms with Gasteiger partial charge < -0.3 is 4.98 Å². The summed E-state index contributed by atoms with van der Waals surface area (Å²) in [6, 6.07) is 6.88. The third kappa shape index (κ3) is 1.83. The van der Waals surface area contributed by atoms with Crippen LogP contribution in [-0.2, 0) is 0 Å². The largest absolute Gasteiger partial charge is 0.346 e. The minimum atomic E-state index is -0.598. The van der Waals surface area contributed by atoms with Crippen LogP contribution in [0.1, 0.15) is 11.3 Å². The van der Waals surface area contributed by atoms with Gasteiger partial charge in [0.2, 0.25) is 0 Å². The molecule has 3 rings (SSSR count). The number of nitrogens with one attached hydrogen (secondary N) is 1. The molecule has 1 N–H and O–H groups in total. The first-order chi connectivity index (χ1) is 9.19. The number of rotatable bonds is 1. The van der Waals surface area contributed by atoms with Crippen LogP contribution in [-0.4, -0.2) is 15.0 Å². The molecule has 0 fully saturated rings. The molecule has 5 heteroatoms. The Bertz CT molecular complexity index is 814. The van der Waals surface area contributed by atoms with Gasteiger partial charge in [0.25, 0.3) is 0 Å². The molecule has 0 aliphatic heterocycles. The normalized spacial score (nSPS) is 10.6. The molecule has 0 unspecified atom stereocenters. The fourth-order valence-corrected chi connectivity index (χ4v) is 2.02. The summed E-state index contributed by atoms with van der Waals surface area (Å²) < 4.78 is 13.4. The number of nitrogens with zero attached hydrogens (tertiary/aromatic N) is 3. The molecule has 19 heavy (non-hydrogen) atoms. The molecular formula is C14H9FN4. The average Bonchev–Trinajstić information content (AvgIpc) is 2.86. The second kappa shape index (κ2) is 4.18. The topological polar surface area (TPSA) is 65.4 Å². The van der Waals surface area contributed by atoms with Gasteiger partial charge in [-0.2, -0.15) is 5.26 Å². The van der Waals surface area contributed by atoms with E-state index in [1.807, 2.05) is 12.1 Å². The van der Waals surface area contributed by atoms with Crippen molar-refractivity contribution in [2.75, 3.05) is 0 Å². The van der Waals surface area contributed by atoms with Gasteiger partial charge in [-0.15, -0.1) is 0 Å². The van der Waals surface area contributed by atoms with Crippen LogP contribution in [0.15, 0.2) is 30.6 Å². The molecular weight excluding hydrogens is 243 g/mol. The number of pyridine rings is 2. The van der Waals surface area contributed by atoms with Crippen LogP contribution in [0, 0.1) is 24.1 Å². The van der Waals surface area contributed by atoms with E-state index < -0.39 is 5.82 Å². The van der Waals surface area contributed by atoms with Crippen LogP contribution in [0.25, 0.3) is 22.3 Å². The zero-order valence-electron chi connectivity index (χ0n) is 10.1. The van der Waals surface area contributed by atoms with Gasteiger partial charge in [-0.25, -0.2) is 14.4 Å². The highest BCUT2D eigenvalue weighted by molar-refractivity contribution is 5.81. The molecule has 0 saturated carbocycles. The maximum atomic E-state index is 13.4. The van der Waals surface area contributed by atoms with Crippen LogP contribution < -0.4 is 0 Å². The number of aromatic amines is 1. The Hall–Kier alpha value is -2.74. The number of aromatic nitrogens is 3. The minimum Gasteiger partial charge on any atom is -0.346 e. The Balaban J connectivity index is 2.23. The summed E-state index contributed by atoms with van der Waals surface area (Å²) >= 11 is 0. The van der Waals surface area contributed by atoms with Crippen molar-refractivity contribution < 1.29 is 4.39 Å². The number of H-pyrrole nitrogens is 1. The van der Waals surface area contributed by atoms with E-state index in [0.29, 0.717) is 11.3 Å². The third-order valence-corrected chi connectivity index (χ3v) is 2.95. The van der Waals surface area contributed by atoms with Crippen LogP contribution >= 0.6 is 0 Å². The summed E-state index contributed by atoms with van der Waals surface area (Å²) in [4.78, 5) is 11.3.